The molecule has 0 amide bonds. The molecule has 0 aromatic carbocycles. The number of nitrogens with one attached hydrogen (secondary N) is 1. The highest BCUT2D eigenvalue weighted by atomic mass is 79.9. The highest BCUT2D eigenvalue weighted by Gasteiger charge is 2.01. The van der Waals surface area contributed by atoms with Crippen LogP contribution in [0.15, 0.2) is 29.4 Å². The maximum absolute atomic E-state index is 5.56. The third kappa shape index (κ3) is 2.59. The molecule has 76 valence electrons. The lowest BCUT2D eigenvalue weighted by Gasteiger charge is -2.04. The maximum Gasteiger partial charge on any atom is 0.230 e. The minimum absolute atomic E-state index is 0.385. The van der Waals surface area contributed by atoms with Crippen LogP contribution in [-0.4, -0.2) is 19.9 Å². The van der Waals surface area contributed by atoms with Crippen molar-refractivity contribution in [2.45, 2.75) is 0 Å². The van der Waals surface area contributed by atoms with Crippen molar-refractivity contribution in [3.63, 3.8) is 0 Å². The summed E-state index contributed by atoms with van der Waals surface area (Å²) in [5.74, 6) is 0.785. The van der Waals surface area contributed by atoms with E-state index in [4.69, 9.17) is 5.73 Å². The number of halogens is 1. The van der Waals surface area contributed by atoms with Crippen LogP contribution in [0.5, 0.6) is 0 Å². The van der Waals surface area contributed by atoms with Crippen LogP contribution in [0.2, 0.25) is 0 Å². The molecule has 0 saturated carbocycles. The van der Waals surface area contributed by atoms with Gasteiger partial charge in [0.05, 0.1) is 18.1 Å². The van der Waals surface area contributed by atoms with Gasteiger partial charge in [0, 0.05) is 6.07 Å². The van der Waals surface area contributed by atoms with E-state index in [9.17, 15) is 0 Å². The molecule has 2 rings (SSSR count). The monoisotopic (exact) mass is 266 g/mol. The molecule has 0 aliphatic rings. The van der Waals surface area contributed by atoms with Crippen LogP contribution in [0.25, 0.3) is 0 Å². The summed E-state index contributed by atoms with van der Waals surface area (Å²) in [6, 6.07) is 1.62. The van der Waals surface area contributed by atoms with E-state index in [2.05, 4.69) is 41.2 Å². The van der Waals surface area contributed by atoms with E-state index in [1.165, 1.54) is 6.33 Å². The summed E-state index contributed by atoms with van der Waals surface area (Å²) in [4.78, 5) is 15.8. The van der Waals surface area contributed by atoms with Crippen molar-refractivity contribution >= 4 is 33.4 Å². The molecule has 0 spiro atoms. The van der Waals surface area contributed by atoms with Gasteiger partial charge in [-0.05, 0) is 15.9 Å². The first kappa shape index (κ1) is 9.78. The van der Waals surface area contributed by atoms with Gasteiger partial charge in [-0.2, -0.15) is 4.98 Å². The summed E-state index contributed by atoms with van der Waals surface area (Å²) in [5.41, 5.74) is 6.26. The number of rotatable bonds is 2. The van der Waals surface area contributed by atoms with Gasteiger partial charge < -0.3 is 11.1 Å². The Morgan fingerprint density at radius 3 is 2.60 bits per heavy atom. The predicted octanol–water partition coefficient (Wildman–Crippen LogP) is 1.35. The zero-order valence-electron chi connectivity index (χ0n) is 7.55. The first-order chi connectivity index (χ1) is 7.24. The fourth-order valence-corrected chi connectivity index (χ4v) is 1.39. The zero-order valence-corrected chi connectivity index (χ0v) is 9.14. The van der Waals surface area contributed by atoms with Gasteiger partial charge in [0.25, 0.3) is 0 Å². The third-order valence-electron chi connectivity index (χ3n) is 1.53. The summed E-state index contributed by atoms with van der Waals surface area (Å²) in [5, 5.41) is 2.93. The smallest absolute Gasteiger partial charge is 0.230 e. The number of aromatic nitrogens is 4. The predicted molar refractivity (Wildman–Crippen MR) is 59.5 cm³/mol. The van der Waals surface area contributed by atoms with Gasteiger partial charge in [-0.1, -0.05) is 0 Å². The van der Waals surface area contributed by atoms with E-state index >= 15 is 0 Å². The van der Waals surface area contributed by atoms with Crippen LogP contribution in [0, 0.1) is 0 Å². The molecular formula is C8H7BrN6. The molecule has 0 aliphatic carbocycles. The normalized spacial score (nSPS) is 9.93. The van der Waals surface area contributed by atoms with Crippen molar-refractivity contribution in [2.75, 3.05) is 11.1 Å². The van der Waals surface area contributed by atoms with E-state index < -0.39 is 0 Å². The molecule has 0 aliphatic heterocycles. The molecule has 0 unspecified atom stereocenters. The van der Waals surface area contributed by atoms with Crippen molar-refractivity contribution < 1.29 is 0 Å². The topological polar surface area (TPSA) is 89.6 Å². The molecule has 0 radical (unpaired) electrons. The average Bonchev–Trinajstić information content (AvgIpc) is 2.17. The summed E-state index contributed by atoms with van der Waals surface area (Å²) in [7, 11) is 0. The van der Waals surface area contributed by atoms with Gasteiger partial charge in [-0.3, -0.25) is 0 Å². The minimum atomic E-state index is 0.385. The number of hydrogen-bond acceptors (Lipinski definition) is 6. The lowest BCUT2D eigenvalue weighted by atomic mass is 10.5. The van der Waals surface area contributed by atoms with Gasteiger partial charge >= 0.3 is 0 Å². The van der Waals surface area contributed by atoms with Crippen molar-refractivity contribution in [3.8, 4) is 0 Å². The van der Waals surface area contributed by atoms with Crippen molar-refractivity contribution in [1.82, 2.24) is 19.9 Å². The molecule has 0 atom stereocenters. The number of hydrogen-bond donors (Lipinski definition) is 2. The lowest BCUT2D eigenvalue weighted by Crippen LogP contribution is -2.01. The van der Waals surface area contributed by atoms with Gasteiger partial charge in [0.1, 0.15) is 16.7 Å². The first-order valence-electron chi connectivity index (χ1n) is 4.06. The number of nitrogens with zero attached hydrogens (tertiary/aromatic N) is 4. The molecule has 15 heavy (non-hydrogen) atoms. The molecule has 0 fully saturated rings. The van der Waals surface area contributed by atoms with Crippen LogP contribution < -0.4 is 11.1 Å². The minimum Gasteiger partial charge on any atom is -0.383 e. The van der Waals surface area contributed by atoms with Crippen LogP contribution in [0.1, 0.15) is 0 Å². The second-order valence-corrected chi connectivity index (χ2v) is 3.50. The first-order valence-corrected chi connectivity index (χ1v) is 4.85. The van der Waals surface area contributed by atoms with Crippen LogP contribution >= 0.6 is 15.9 Å². The molecule has 6 nitrogen and oxygen atoms in total. The molecule has 0 bridgehead atoms. The highest BCUT2D eigenvalue weighted by Crippen LogP contribution is 2.15. The fourth-order valence-electron chi connectivity index (χ4n) is 0.984. The Balaban J connectivity index is 2.25. The second kappa shape index (κ2) is 4.18. The zero-order chi connectivity index (χ0) is 10.7. The Labute approximate surface area is 94.1 Å². The van der Waals surface area contributed by atoms with E-state index in [0.29, 0.717) is 22.1 Å². The molecule has 0 saturated heterocycles. The third-order valence-corrected chi connectivity index (χ3v) is 1.94. The summed E-state index contributed by atoms with van der Waals surface area (Å²) in [6.45, 7) is 0. The Morgan fingerprint density at radius 1 is 1.20 bits per heavy atom. The highest BCUT2D eigenvalue weighted by molar-refractivity contribution is 9.10. The lowest BCUT2D eigenvalue weighted by molar-refractivity contribution is 1.12. The molecular weight excluding hydrogens is 260 g/mol. The van der Waals surface area contributed by atoms with Crippen LogP contribution in [0.3, 0.4) is 0 Å². The van der Waals surface area contributed by atoms with Crippen molar-refractivity contribution in [2.24, 2.45) is 0 Å². The molecule has 3 N–H and O–H groups in total. The fraction of sp³-hybridized carbons (Fsp3) is 0. The molecule has 7 heteroatoms. The largest absolute Gasteiger partial charge is 0.383 e. The maximum atomic E-state index is 5.56. The van der Waals surface area contributed by atoms with Crippen molar-refractivity contribution in [1.29, 1.82) is 0 Å². The number of nitrogen functional groups attached to an aromatic ring is 1. The second-order valence-electron chi connectivity index (χ2n) is 2.69. The van der Waals surface area contributed by atoms with Gasteiger partial charge in [-0.25, -0.2) is 15.0 Å². The Kier molecular flexibility index (Phi) is 2.72. The summed E-state index contributed by atoms with van der Waals surface area (Å²) in [6.07, 6.45) is 4.68. The van der Waals surface area contributed by atoms with Gasteiger partial charge in [-0.15, -0.1) is 0 Å². The molecule has 2 aromatic rings. The molecule has 2 heterocycles. The number of anilines is 3. The molecule has 2 aromatic heterocycles. The van der Waals surface area contributed by atoms with E-state index in [-0.39, 0.29) is 0 Å². The average molecular weight is 267 g/mol. The Bertz CT molecular complexity index is 440. The Morgan fingerprint density at radius 2 is 1.93 bits per heavy atom. The van der Waals surface area contributed by atoms with E-state index in [1.54, 1.807) is 18.5 Å². The Hall–Kier alpha value is -1.76. The van der Waals surface area contributed by atoms with Crippen LogP contribution in [0.4, 0.5) is 17.5 Å². The SMILES string of the molecule is Nc1cc(Br)nc(Nc2cncnc2)n1. The number of nitrogens with two attached hydrogens (primary N) is 1. The van der Waals surface area contributed by atoms with E-state index in [1.807, 2.05) is 0 Å². The summed E-state index contributed by atoms with van der Waals surface area (Å²) >= 11 is 3.22. The standard InChI is InChI=1S/C8H7BrN6/c9-6-1-7(10)15-8(14-6)13-5-2-11-4-12-3-5/h1-4H,(H3,10,13,14,15). The van der Waals surface area contributed by atoms with Gasteiger partial charge in [0.15, 0.2) is 0 Å². The van der Waals surface area contributed by atoms with Crippen LogP contribution in [-0.2, 0) is 0 Å². The van der Waals surface area contributed by atoms with Gasteiger partial charge in [0.2, 0.25) is 5.95 Å². The quantitative estimate of drug-likeness (QED) is 0.798. The van der Waals surface area contributed by atoms with E-state index in [0.717, 1.165) is 0 Å². The van der Waals surface area contributed by atoms with Crippen molar-refractivity contribution in [3.05, 3.63) is 29.4 Å². The summed E-state index contributed by atoms with van der Waals surface area (Å²) < 4.78 is 0.620.